The van der Waals surface area contributed by atoms with E-state index >= 15 is 0 Å². The van der Waals surface area contributed by atoms with Gasteiger partial charge >= 0.3 is 0 Å². The number of benzene rings is 3. The maximum absolute atomic E-state index is 12.8. The van der Waals surface area contributed by atoms with Gasteiger partial charge in [-0.1, -0.05) is 91.9 Å². The van der Waals surface area contributed by atoms with Gasteiger partial charge in [0, 0.05) is 18.1 Å². The molecule has 0 bridgehead atoms. The van der Waals surface area contributed by atoms with Crippen LogP contribution in [0.3, 0.4) is 0 Å². The van der Waals surface area contributed by atoms with Crippen molar-refractivity contribution in [1.29, 1.82) is 0 Å². The second-order valence-corrected chi connectivity index (χ2v) is 7.36. The van der Waals surface area contributed by atoms with E-state index in [1.165, 1.54) is 6.07 Å². The van der Waals surface area contributed by atoms with Crippen LogP contribution in [0, 0.1) is 0 Å². The Balaban J connectivity index is 1.51. The number of nitrogens with zero attached hydrogens (tertiary/aromatic N) is 1. The van der Waals surface area contributed by atoms with E-state index in [0.717, 1.165) is 22.3 Å². The Kier molecular flexibility index (Phi) is 5.66. The van der Waals surface area contributed by atoms with Crippen molar-refractivity contribution in [3.63, 3.8) is 0 Å². The predicted molar refractivity (Wildman–Crippen MR) is 120 cm³/mol. The van der Waals surface area contributed by atoms with E-state index in [1.807, 2.05) is 55.5 Å². The molecule has 0 amide bonds. The van der Waals surface area contributed by atoms with Crippen LogP contribution in [0.4, 0.5) is 0 Å². The Hall–Kier alpha value is -3.79. The Morgan fingerprint density at radius 1 is 0.833 bits per heavy atom. The molecule has 0 unspecified atom stereocenters. The number of aromatic amines is 1. The summed E-state index contributed by atoms with van der Waals surface area (Å²) in [5.41, 5.74) is 4.03. The Morgan fingerprint density at radius 2 is 1.40 bits per heavy atom. The van der Waals surface area contributed by atoms with Gasteiger partial charge in [0.1, 0.15) is 11.5 Å². The van der Waals surface area contributed by atoms with E-state index in [4.69, 9.17) is 0 Å². The lowest BCUT2D eigenvalue weighted by molar-refractivity contribution is 0.0970. The van der Waals surface area contributed by atoms with Crippen molar-refractivity contribution >= 4 is 5.78 Å². The highest BCUT2D eigenvalue weighted by molar-refractivity contribution is 5.95. The van der Waals surface area contributed by atoms with E-state index in [0.29, 0.717) is 5.82 Å². The van der Waals surface area contributed by atoms with Gasteiger partial charge in [0.15, 0.2) is 5.78 Å². The SMILES string of the molecule is C[C@@H](CC(=O)c1cc(=O)[nH]c(-c2ccccc2)n1)c1ccc(-c2ccccc2)cc1. The molecule has 4 aromatic rings. The highest BCUT2D eigenvalue weighted by atomic mass is 16.1. The summed E-state index contributed by atoms with van der Waals surface area (Å²) >= 11 is 0. The number of nitrogens with one attached hydrogen (secondary N) is 1. The third-order valence-electron chi connectivity index (χ3n) is 5.15. The maximum atomic E-state index is 12.8. The fourth-order valence-corrected chi connectivity index (χ4v) is 3.47. The lowest BCUT2D eigenvalue weighted by Gasteiger charge is -2.12. The number of Topliss-reactive ketones (excluding diaryl/α,β-unsaturated/α-hetero) is 1. The zero-order valence-electron chi connectivity index (χ0n) is 16.7. The number of hydrogen-bond acceptors (Lipinski definition) is 3. The minimum Gasteiger partial charge on any atom is -0.306 e. The normalized spacial score (nSPS) is 11.8. The summed E-state index contributed by atoms with van der Waals surface area (Å²) in [6, 6.07) is 29.0. The first-order valence-electron chi connectivity index (χ1n) is 9.95. The summed E-state index contributed by atoms with van der Waals surface area (Å²) in [5.74, 6) is 0.285. The molecule has 0 aliphatic rings. The summed E-state index contributed by atoms with van der Waals surface area (Å²) in [6.45, 7) is 2.01. The third kappa shape index (κ3) is 4.44. The van der Waals surface area contributed by atoms with Crippen molar-refractivity contribution in [3.05, 3.63) is 113 Å². The van der Waals surface area contributed by atoms with Crippen molar-refractivity contribution in [3.8, 4) is 22.5 Å². The second-order valence-electron chi connectivity index (χ2n) is 7.36. The topological polar surface area (TPSA) is 62.8 Å². The Labute approximate surface area is 175 Å². The van der Waals surface area contributed by atoms with E-state index in [-0.39, 0.29) is 29.4 Å². The molecule has 3 aromatic carbocycles. The molecule has 0 radical (unpaired) electrons. The molecule has 4 rings (SSSR count). The fraction of sp³-hybridized carbons (Fsp3) is 0.115. The summed E-state index contributed by atoms with van der Waals surface area (Å²) < 4.78 is 0. The van der Waals surface area contributed by atoms with Gasteiger partial charge in [-0.25, -0.2) is 4.98 Å². The first-order chi connectivity index (χ1) is 14.6. The minimum atomic E-state index is -0.327. The zero-order valence-corrected chi connectivity index (χ0v) is 16.7. The predicted octanol–water partition coefficient (Wildman–Crippen LogP) is 5.48. The van der Waals surface area contributed by atoms with Crippen molar-refractivity contribution in [2.75, 3.05) is 0 Å². The molecule has 1 aromatic heterocycles. The van der Waals surface area contributed by atoms with Crippen LogP contribution in [0.2, 0.25) is 0 Å². The van der Waals surface area contributed by atoms with Gasteiger partial charge in [0.05, 0.1) is 0 Å². The van der Waals surface area contributed by atoms with E-state index in [9.17, 15) is 9.59 Å². The lowest BCUT2D eigenvalue weighted by Crippen LogP contribution is -2.15. The van der Waals surface area contributed by atoms with Crippen LogP contribution in [0.15, 0.2) is 95.8 Å². The van der Waals surface area contributed by atoms with Crippen molar-refractivity contribution in [1.82, 2.24) is 9.97 Å². The van der Waals surface area contributed by atoms with Gasteiger partial charge in [-0.3, -0.25) is 9.59 Å². The van der Waals surface area contributed by atoms with Crippen LogP contribution in [-0.4, -0.2) is 15.8 Å². The van der Waals surface area contributed by atoms with Gasteiger partial charge < -0.3 is 4.98 Å². The van der Waals surface area contributed by atoms with E-state index < -0.39 is 0 Å². The molecule has 4 heteroatoms. The van der Waals surface area contributed by atoms with Crippen LogP contribution < -0.4 is 5.56 Å². The van der Waals surface area contributed by atoms with Gasteiger partial charge in [0.2, 0.25) is 0 Å². The molecule has 0 aliphatic carbocycles. The molecule has 30 heavy (non-hydrogen) atoms. The number of rotatable bonds is 6. The first-order valence-corrected chi connectivity index (χ1v) is 9.95. The maximum Gasteiger partial charge on any atom is 0.251 e. The first kappa shape index (κ1) is 19.5. The van der Waals surface area contributed by atoms with Crippen LogP contribution in [0.25, 0.3) is 22.5 Å². The van der Waals surface area contributed by atoms with Gasteiger partial charge in [0.25, 0.3) is 5.56 Å². The number of hydrogen-bond donors (Lipinski definition) is 1. The highest BCUT2D eigenvalue weighted by Crippen LogP contribution is 2.25. The highest BCUT2D eigenvalue weighted by Gasteiger charge is 2.16. The second kappa shape index (κ2) is 8.70. The van der Waals surface area contributed by atoms with Gasteiger partial charge in [-0.05, 0) is 22.6 Å². The largest absolute Gasteiger partial charge is 0.306 e. The summed E-state index contributed by atoms with van der Waals surface area (Å²) in [7, 11) is 0. The molecule has 0 aliphatic heterocycles. The molecular weight excluding hydrogens is 372 g/mol. The van der Waals surface area contributed by atoms with Crippen LogP contribution in [-0.2, 0) is 0 Å². The van der Waals surface area contributed by atoms with Crippen molar-refractivity contribution in [2.45, 2.75) is 19.3 Å². The monoisotopic (exact) mass is 394 g/mol. The Morgan fingerprint density at radius 3 is 2.03 bits per heavy atom. The fourth-order valence-electron chi connectivity index (χ4n) is 3.47. The quantitative estimate of drug-likeness (QED) is 0.441. The summed E-state index contributed by atoms with van der Waals surface area (Å²) in [4.78, 5) is 32.0. The van der Waals surface area contributed by atoms with E-state index in [1.54, 1.807) is 0 Å². The number of ketones is 1. The minimum absolute atomic E-state index is 0.0172. The van der Waals surface area contributed by atoms with Crippen molar-refractivity contribution in [2.24, 2.45) is 0 Å². The molecule has 1 heterocycles. The molecule has 0 spiro atoms. The third-order valence-corrected chi connectivity index (χ3v) is 5.15. The number of carbonyl (C=O) groups excluding carboxylic acids is 1. The molecule has 0 saturated heterocycles. The zero-order chi connectivity index (χ0) is 20.9. The van der Waals surface area contributed by atoms with Gasteiger partial charge in [-0.15, -0.1) is 0 Å². The summed E-state index contributed by atoms with van der Waals surface area (Å²) in [6.07, 6.45) is 0.287. The number of aromatic nitrogens is 2. The molecule has 0 saturated carbocycles. The standard InChI is InChI=1S/C26H22N2O2/c1-18(19-12-14-21(15-13-19)20-8-4-2-5-9-20)16-24(29)23-17-25(30)28-26(27-23)22-10-6-3-7-11-22/h2-15,17-18H,16H2,1H3,(H,27,28,30)/t18-/m0/s1. The molecule has 1 N–H and O–H groups in total. The molecule has 4 nitrogen and oxygen atoms in total. The number of carbonyl (C=O) groups is 1. The molecule has 0 fully saturated rings. The van der Waals surface area contributed by atoms with Crippen LogP contribution >= 0.6 is 0 Å². The molecule has 1 atom stereocenters. The summed E-state index contributed by atoms with van der Waals surface area (Å²) in [5, 5.41) is 0. The van der Waals surface area contributed by atoms with E-state index in [2.05, 4.69) is 46.4 Å². The number of H-pyrrole nitrogens is 1. The average molecular weight is 394 g/mol. The van der Waals surface area contributed by atoms with Crippen LogP contribution in [0.5, 0.6) is 0 Å². The van der Waals surface area contributed by atoms with Crippen molar-refractivity contribution < 1.29 is 4.79 Å². The Bertz CT molecular complexity index is 1200. The molecular formula is C26H22N2O2. The van der Waals surface area contributed by atoms with Crippen LogP contribution in [0.1, 0.15) is 35.3 Å². The molecule has 148 valence electrons. The average Bonchev–Trinajstić information content (AvgIpc) is 2.80. The lowest BCUT2D eigenvalue weighted by atomic mass is 9.93. The smallest absolute Gasteiger partial charge is 0.251 e. The van der Waals surface area contributed by atoms with Gasteiger partial charge in [-0.2, -0.15) is 0 Å².